The van der Waals surface area contributed by atoms with E-state index in [2.05, 4.69) is 10.6 Å². The molecule has 0 aliphatic carbocycles. The maximum atomic E-state index is 13.4. The van der Waals surface area contributed by atoms with Crippen LogP contribution in [0.3, 0.4) is 0 Å². The summed E-state index contributed by atoms with van der Waals surface area (Å²) in [5.74, 6) is -0.370. The summed E-state index contributed by atoms with van der Waals surface area (Å²) in [6.45, 7) is 0.0766. The molecule has 2 amide bonds. The maximum Gasteiger partial charge on any atom is 0.319 e. The van der Waals surface area contributed by atoms with Crippen molar-refractivity contribution in [2.45, 2.75) is 6.54 Å². The van der Waals surface area contributed by atoms with E-state index in [1.165, 1.54) is 6.07 Å². The Hall–Kier alpha value is -2.87. The summed E-state index contributed by atoms with van der Waals surface area (Å²) >= 11 is 0. The molecule has 0 bridgehead atoms. The van der Waals surface area contributed by atoms with Gasteiger partial charge in [0.05, 0.1) is 11.3 Å². The van der Waals surface area contributed by atoms with Crippen LogP contribution in [0, 0.1) is 17.1 Å². The number of hydrogen-bond donors (Lipinski definition) is 2. The predicted molar refractivity (Wildman–Crippen MR) is 73.4 cm³/mol. The Balaban J connectivity index is 1.97. The average molecular weight is 269 g/mol. The minimum absolute atomic E-state index is 0.0766. The zero-order chi connectivity index (χ0) is 14.4. The van der Waals surface area contributed by atoms with Crippen molar-refractivity contribution in [1.82, 2.24) is 5.32 Å². The van der Waals surface area contributed by atoms with Gasteiger partial charge in [-0.05, 0) is 18.2 Å². The third-order valence-electron chi connectivity index (χ3n) is 2.69. The van der Waals surface area contributed by atoms with Crippen molar-refractivity contribution in [2.24, 2.45) is 0 Å². The summed E-state index contributed by atoms with van der Waals surface area (Å²) in [6, 6.07) is 14.4. The van der Waals surface area contributed by atoms with E-state index >= 15 is 0 Å². The predicted octanol–water partition coefficient (Wildman–Crippen LogP) is 3.02. The Morgan fingerprint density at radius 2 is 1.85 bits per heavy atom. The van der Waals surface area contributed by atoms with E-state index in [0.717, 1.165) is 0 Å². The average Bonchev–Trinajstić information content (AvgIpc) is 2.47. The standard InChI is InChI=1S/C15H12FN3O/c16-13-7-3-1-6-12(13)10-18-15(20)19-14-8-4-2-5-11(14)9-17/h1-8H,10H2,(H2,18,19,20). The first kappa shape index (κ1) is 13.6. The van der Waals surface area contributed by atoms with Crippen LogP contribution in [0.2, 0.25) is 0 Å². The van der Waals surface area contributed by atoms with Crippen molar-refractivity contribution in [3.8, 4) is 6.07 Å². The molecule has 2 aromatic rings. The van der Waals surface area contributed by atoms with Gasteiger partial charge in [0.25, 0.3) is 0 Å². The van der Waals surface area contributed by atoms with Gasteiger partial charge in [0.15, 0.2) is 0 Å². The van der Waals surface area contributed by atoms with E-state index in [4.69, 9.17) is 5.26 Å². The Bertz CT molecular complexity index is 664. The Morgan fingerprint density at radius 1 is 1.15 bits per heavy atom. The number of nitrogens with zero attached hydrogens (tertiary/aromatic N) is 1. The SMILES string of the molecule is N#Cc1ccccc1NC(=O)NCc1ccccc1F. The van der Waals surface area contributed by atoms with Crippen LogP contribution in [0.25, 0.3) is 0 Å². The van der Waals surface area contributed by atoms with Crippen molar-refractivity contribution in [2.75, 3.05) is 5.32 Å². The number of hydrogen-bond acceptors (Lipinski definition) is 2. The van der Waals surface area contributed by atoms with E-state index in [9.17, 15) is 9.18 Å². The van der Waals surface area contributed by atoms with Crippen LogP contribution < -0.4 is 10.6 Å². The molecule has 100 valence electrons. The number of anilines is 1. The van der Waals surface area contributed by atoms with E-state index in [1.54, 1.807) is 42.5 Å². The number of nitrogens with one attached hydrogen (secondary N) is 2. The maximum absolute atomic E-state index is 13.4. The minimum Gasteiger partial charge on any atom is -0.334 e. The second kappa shape index (κ2) is 6.34. The van der Waals surface area contributed by atoms with Gasteiger partial charge < -0.3 is 10.6 Å². The summed E-state index contributed by atoms with van der Waals surface area (Å²) in [7, 11) is 0. The normalized spacial score (nSPS) is 9.60. The number of amides is 2. The highest BCUT2D eigenvalue weighted by atomic mass is 19.1. The molecule has 0 saturated carbocycles. The van der Waals surface area contributed by atoms with Crippen molar-refractivity contribution < 1.29 is 9.18 Å². The summed E-state index contributed by atoms with van der Waals surface area (Å²) in [5, 5.41) is 14.0. The van der Waals surface area contributed by atoms with Gasteiger partial charge >= 0.3 is 6.03 Å². The second-order valence-corrected chi connectivity index (χ2v) is 4.06. The summed E-state index contributed by atoms with van der Waals surface area (Å²) in [5.41, 5.74) is 1.19. The Labute approximate surface area is 115 Å². The number of benzene rings is 2. The number of carbonyl (C=O) groups excluding carboxylic acids is 1. The lowest BCUT2D eigenvalue weighted by Crippen LogP contribution is -2.28. The van der Waals surface area contributed by atoms with Crippen LogP contribution in [0.4, 0.5) is 14.9 Å². The van der Waals surface area contributed by atoms with E-state index in [0.29, 0.717) is 16.8 Å². The van der Waals surface area contributed by atoms with E-state index in [1.807, 2.05) is 6.07 Å². The topological polar surface area (TPSA) is 64.9 Å². The molecule has 0 heterocycles. The van der Waals surface area contributed by atoms with Crippen LogP contribution >= 0.6 is 0 Å². The molecule has 5 heteroatoms. The fraction of sp³-hybridized carbons (Fsp3) is 0.0667. The molecule has 0 radical (unpaired) electrons. The summed E-state index contributed by atoms with van der Waals surface area (Å²) in [4.78, 5) is 11.7. The summed E-state index contributed by atoms with van der Waals surface area (Å²) in [6.07, 6.45) is 0. The largest absolute Gasteiger partial charge is 0.334 e. The molecule has 2 aromatic carbocycles. The highest BCUT2D eigenvalue weighted by molar-refractivity contribution is 5.90. The number of para-hydroxylation sites is 1. The molecule has 0 atom stereocenters. The number of rotatable bonds is 3. The zero-order valence-electron chi connectivity index (χ0n) is 10.6. The molecule has 4 nitrogen and oxygen atoms in total. The fourth-order valence-electron chi connectivity index (χ4n) is 1.67. The van der Waals surface area contributed by atoms with Gasteiger partial charge in [0.2, 0.25) is 0 Å². The number of carbonyl (C=O) groups is 1. The first-order valence-corrected chi connectivity index (χ1v) is 5.98. The molecule has 0 aliphatic rings. The number of urea groups is 1. The van der Waals surface area contributed by atoms with Crippen LogP contribution in [-0.2, 0) is 6.54 Å². The molecule has 0 aromatic heterocycles. The van der Waals surface area contributed by atoms with Crippen molar-refractivity contribution in [3.63, 3.8) is 0 Å². The van der Waals surface area contributed by atoms with Gasteiger partial charge in [0.1, 0.15) is 11.9 Å². The molecule has 2 N–H and O–H groups in total. The third-order valence-corrected chi connectivity index (χ3v) is 2.69. The van der Waals surface area contributed by atoms with Crippen molar-refractivity contribution >= 4 is 11.7 Å². The van der Waals surface area contributed by atoms with Gasteiger partial charge in [-0.2, -0.15) is 5.26 Å². The van der Waals surface area contributed by atoms with Crippen molar-refractivity contribution in [3.05, 3.63) is 65.5 Å². The zero-order valence-corrected chi connectivity index (χ0v) is 10.6. The molecule has 0 saturated heterocycles. The lowest BCUT2D eigenvalue weighted by atomic mass is 10.2. The van der Waals surface area contributed by atoms with Crippen molar-refractivity contribution in [1.29, 1.82) is 5.26 Å². The number of nitriles is 1. The fourth-order valence-corrected chi connectivity index (χ4v) is 1.67. The Kier molecular flexibility index (Phi) is 4.30. The van der Waals surface area contributed by atoms with E-state index < -0.39 is 6.03 Å². The van der Waals surface area contributed by atoms with Crippen LogP contribution in [-0.4, -0.2) is 6.03 Å². The monoisotopic (exact) mass is 269 g/mol. The summed E-state index contributed by atoms with van der Waals surface area (Å²) < 4.78 is 13.4. The number of halogens is 1. The molecule has 0 fully saturated rings. The molecular weight excluding hydrogens is 257 g/mol. The lowest BCUT2D eigenvalue weighted by Gasteiger charge is -2.09. The van der Waals surface area contributed by atoms with Gasteiger partial charge in [-0.25, -0.2) is 9.18 Å². The first-order chi connectivity index (χ1) is 9.70. The third kappa shape index (κ3) is 3.33. The van der Waals surface area contributed by atoms with Crippen LogP contribution in [0.5, 0.6) is 0 Å². The van der Waals surface area contributed by atoms with Gasteiger partial charge in [0, 0.05) is 12.1 Å². The van der Waals surface area contributed by atoms with Crippen LogP contribution in [0.1, 0.15) is 11.1 Å². The highest BCUT2D eigenvalue weighted by Gasteiger charge is 2.07. The molecular formula is C15H12FN3O. The lowest BCUT2D eigenvalue weighted by molar-refractivity contribution is 0.251. The van der Waals surface area contributed by atoms with Gasteiger partial charge in [-0.15, -0.1) is 0 Å². The first-order valence-electron chi connectivity index (χ1n) is 5.98. The molecule has 0 spiro atoms. The van der Waals surface area contributed by atoms with Gasteiger partial charge in [-0.1, -0.05) is 30.3 Å². The van der Waals surface area contributed by atoms with E-state index in [-0.39, 0.29) is 12.4 Å². The Morgan fingerprint density at radius 3 is 2.60 bits per heavy atom. The van der Waals surface area contributed by atoms with Gasteiger partial charge in [-0.3, -0.25) is 0 Å². The minimum atomic E-state index is -0.490. The molecule has 2 rings (SSSR count). The van der Waals surface area contributed by atoms with Crippen LogP contribution in [0.15, 0.2) is 48.5 Å². The molecule has 20 heavy (non-hydrogen) atoms. The smallest absolute Gasteiger partial charge is 0.319 e. The molecule has 0 aliphatic heterocycles. The quantitative estimate of drug-likeness (QED) is 0.899. The second-order valence-electron chi connectivity index (χ2n) is 4.06. The highest BCUT2D eigenvalue weighted by Crippen LogP contribution is 2.13. The molecule has 0 unspecified atom stereocenters.